The summed E-state index contributed by atoms with van der Waals surface area (Å²) >= 11 is 0. The van der Waals surface area contributed by atoms with Crippen LogP contribution in [0.2, 0.25) is 0 Å². The van der Waals surface area contributed by atoms with E-state index in [9.17, 15) is 14.4 Å². The average molecular weight is 334 g/mol. The highest BCUT2D eigenvalue weighted by Crippen LogP contribution is 2.29. The quantitative estimate of drug-likeness (QED) is 0.766. The maximum Gasteiger partial charge on any atom is 0.248 e. The molecule has 0 atom stereocenters. The number of carbonyl (C=O) groups excluding carboxylic acids is 1. The lowest BCUT2D eigenvalue weighted by Crippen LogP contribution is -2.11. The van der Waals surface area contributed by atoms with Gasteiger partial charge in [0.2, 0.25) is 5.91 Å². The van der Waals surface area contributed by atoms with E-state index in [0.717, 1.165) is 5.56 Å². The van der Waals surface area contributed by atoms with Crippen LogP contribution >= 0.6 is 0 Å². The van der Waals surface area contributed by atoms with E-state index in [4.69, 9.17) is 5.73 Å². The van der Waals surface area contributed by atoms with E-state index in [1.807, 2.05) is 6.07 Å². The number of aromatic nitrogens is 1. The Bertz CT molecular complexity index is 1020. The number of nitriles is 1. The maximum atomic E-state index is 13.8. The molecule has 0 saturated heterocycles. The summed E-state index contributed by atoms with van der Waals surface area (Å²) in [5, 5.41) is 13.1. The number of primary amides is 1. The van der Waals surface area contributed by atoms with Gasteiger partial charge in [-0.15, -0.1) is 0 Å². The van der Waals surface area contributed by atoms with Crippen LogP contribution in [-0.2, 0) is 6.54 Å². The third-order valence-electron chi connectivity index (χ3n) is 3.93. The van der Waals surface area contributed by atoms with Crippen molar-refractivity contribution in [1.82, 2.24) is 4.98 Å². The first-order valence-electron chi connectivity index (χ1n) is 7.61. The predicted octanol–water partition coefficient (Wildman–Crippen LogP) is 3.27. The molecule has 6 heteroatoms. The molecule has 3 aromatic rings. The Hall–Kier alpha value is -3.46. The number of benzene rings is 2. The molecule has 0 radical (unpaired) electrons. The van der Waals surface area contributed by atoms with Crippen LogP contribution in [0.5, 0.6) is 0 Å². The fourth-order valence-electron chi connectivity index (χ4n) is 2.74. The zero-order valence-electron chi connectivity index (χ0n) is 13.5. The number of hydrogen-bond acceptors (Lipinski definition) is 4. The van der Waals surface area contributed by atoms with Crippen LogP contribution in [0, 0.1) is 24.1 Å². The number of nitrogens with two attached hydrogens (primary N) is 1. The number of pyridine rings is 1. The van der Waals surface area contributed by atoms with Gasteiger partial charge in [-0.1, -0.05) is 12.1 Å². The molecule has 0 aliphatic carbocycles. The van der Waals surface area contributed by atoms with Crippen molar-refractivity contribution >= 4 is 22.5 Å². The van der Waals surface area contributed by atoms with Crippen LogP contribution in [0.4, 0.5) is 10.1 Å². The Labute approximate surface area is 143 Å². The first kappa shape index (κ1) is 16.4. The van der Waals surface area contributed by atoms with Gasteiger partial charge in [0.1, 0.15) is 11.9 Å². The average Bonchev–Trinajstić information content (AvgIpc) is 2.59. The minimum atomic E-state index is -0.508. The molecule has 0 aliphatic heterocycles. The molecule has 0 bridgehead atoms. The van der Waals surface area contributed by atoms with Crippen molar-refractivity contribution < 1.29 is 9.18 Å². The van der Waals surface area contributed by atoms with Crippen LogP contribution in [0.1, 0.15) is 27.0 Å². The lowest BCUT2D eigenvalue weighted by atomic mass is 10.1. The summed E-state index contributed by atoms with van der Waals surface area (Å²) < 4.78 is 13.8. The summed E-state index contributed by atoms with van der Waals surface area (Å²) in [5.74, 6) is -0.896. The number of anilines is 1. The second-order valence-corrected chi connectivity index (χ2v) is 5.70. The lowest BCUT2D eigenvalue weighted by molar-refractivity contribution is 0.1000. The normalized spacial score (nSPS) is 10.4. The van der Waals surface area contributed by atoms with E-state index in [-0.39, 0.29) is 5.82 Å². The van der Waals surface area contributed by atoms with Gasteiger partial charge >= 0.3 is 0 Å². The number of halogens is 1. The van der Waals surface area contributed by atoms with Crippen LogP contribution in [0.3, 0.4) is 0 Å². The summed E-state index contributed by atoms with van der Waals surface area (Å²) in [6, 6.07) is 11.7. The Morgan fingerprint density at radius 2 is 2.16 bits per heavy atom. The molecular formula is C19H15FN4O. The molecule has 124 valence electrons. The minimum absolute atomic E-state index is 0.323. The predicted molar refractivity (Wildman–Crippen MR) is 93.4 cm³/mol. The standard InChI is InChI=1S/C19H15FN4O/c1-11-5-15(20)7-16-17(11)24-10-14(8-21)18(16)23-9-12-3-2-4-13(6-12)19(22)25/h2-7,10H,9H2,1H3,(H2,22,25)(H,23,24). The number of fused-ring (bicyclic) bond motifs is 1. The van der Waals surface area contributed by atoms with Gasteiger partial charge in [-0.05, 0) is 42.3 Å². The Balaban J connectivity index is 2.02. The number of amides is 1. The summed E-state index contributed by atoms with van der Waals surface area (Å²) in [7, 11) is 0. The second-order valence-electron chi connectivity index (χ2n) is 5.70. The maximum absolute atomic E-state index is 13.8. The van der Waals surface area contributed by atoms with Gasteiger partial charge in [-0.3, -0.25) is 9.78 Å². The van der Waals surface area contributed by atoms with Crippen molar-refractivity contribution in [3.63, 3.8) is 0 Å². The van der Waals surface area contributed by atoms with Crippen molar-refractivity contribution in [2.75, 3.05) is 5.32 Å². The molecule has 0 aliphatic rings. The molecule has 1 amide bonds. The van der Waals surface area contributed by atoms with Crippen LogP contribution in [0.15, 0.2) is 42.6 Å². The molecule has 0 unspecified atom stereocenters. The smallest absolute Gasteiger partial charge is 0.248 e. The van der Waals surface area contributed by atoms with Crippen LogP contribution in [0.25, 0.3) is 10.9 Å². The molecule has 0 saturated carbocycles. The number of aryl methyl sites for hydroxylation is 1. The van der Waals surface area contributed by atoms with Crippen molar-refractivity contribution in [2.24, 2.45) is 5.73 Å². The topological polar surface area (TPSA) is 91.8 Å². The molecule has 1 heterocycles. The molecule has 2 aromatic carbocycles. The summed E-state index contributed by atoms with van der Waals surface area (Å²) in [4.78, 5) is 15.5. The Kier molecular flexibility index (Phi) is 4.31. The lowest BCUT2D eigenvalue weighted by Gasteiger charge is -2.13. The highest BCUT2D eigenvalue weighted by molar-refractivity contribution is 5.95. The van der Waals surface area contributed by atoms with E-state index in [0.29, 0.717) is 39.8 Å². The molecular weight excluding hydrogens is 319 g/mol. The second kappa shape index (κ2) is 6.57. The van der Waals surface area contributed by atoms with Crippen LogP contribution in [-0.4, -0.2) is 10.9 Å². The van der Waals surface area contributed by atoms with Gasteiger partial charge in [0.15, 0.2) is 0 Å². The van der Waals surface area contributed by atoms with Crippen molar-refractivity contribution in [3.05, 3.63) is 70.7 Å². The highest BCUT2D eigenvalue weighted by atomic mass is 19.1. The van der Waals surface area contributed by atoms with Gasteiger partial charge < -0.3 is 11.1 Å². The zero-order chi connectivity index (χ0) is 18.0. The van der Waals surface area contributed by atoms with E-state index in [2.05, 4.69) is 16.4 Å². The van der Waals surface area contributed by atoms with E-state index >= 15 is 0 Å². The molecule has 1 aromatic heterocycles. The number of rotatable bonds is 4. The van der Waals surface area contributed by atoms with Crippen LogP contribution < -0.4 is 11.1 Å². The van der Waals surface area contributed by atoms with Gasteiger partial charge in [0, 0.05) is 23.7 Å². The Morgan fingerprint density at radius 1 is 1.36 bits per heavy atom. The van der Waals surface area contributed by atoms with Crippen molar-refractivity contribution in [3.8, 4) is 6.07 Å². The molecule has 5 nitrogen and oxygen atoms in total. The molecule has 3 rings (SSSR count). The fourth-order valence-corrected chi connectivity index (χ4v) is 2.74. The summed E-state index contributed by atoms with van der Waals surface area (Å²) in [6.45, 7) is 2.12. The van der Waals surface area contributed by atoms with Gasteiger partial charge in [0.25, 0.3) is 0 Å². The first-order chi connectivity index (χ1) is 12.0. The number of hydrogen-bond donors (Lipinski definition) is 2. The molecule has 0 fully saturated rings. The van der Waals surface area contributed by atoms with E-state index < -0.39 is 5.91 Å². The third-order valence-corrected chi connectivity index (χ3v) is 3.93. The minimum Gasteiger partial charge on any atom is -0.379 e. The zero-order valence-corrected chi connectivity index (χ0v) is 13.5. The summed E-state index contributed by atoms with van der Waals surface area (Å²) in [6.07, 6.45) is 1.47. The van der Waals surface area contributed by atoms with E-state index in [1.54, 1.807) is 25.1 Å². The van der Waals surface area contributed by atoms with E-state index in [1.165, 1.54) is 18.3 Å². The number of carbonyl (C=O) groups is 1. The van der Waals surface area contributed by atoms with Crippen molar-refractivity contribution in [2.45, 2.75) is 13.5 Å². The monoisotopic (exact) mass is 334 g/mol. The highest BCUT2D eigenvalue weighted by Gasteiger charge is 2.12. The van der Waals surface area contributed by atoms with Gasteiger partial charge in [-0.2, -0.15) is 5.26 Å². The Morgan fingerprint density at radius 3 is 2.88 bits per heavy atom. The fraction of sp³-hybridized carbons (Fsp3) is 0.105. The van der Waals surface area contributed by atoms with Crippen molar-refractivity contribution in [1.29, 1.82) is 5.26 Å². The number of nitrogens with zero attached hydrogens (tertiary/aromatic N) is 2. The SMILES string of the molecule is Cc1cc(F)cc2c(NCc3cccc(C(N)=O)c3)c(C#N)cnc12. The number of nitrogens with one attached hydrogen (secondary N) is 1. The molecule has 3 N–H and O–H groups in total. The molecule has 0 spiro atoms. The van der Waals surface area contributed by atoms with Gasteiger partial charge in [-0.25, -0.2) is 4.39 Å². The third kappa shape index (κ3) is 3.26. The largest absolute Gasteiger partial charge is 0.379 e. The first-order valence-corrected chi connectivity index (χ1v) is 7.61. The summed E-state index contributed by atoms with van der Waals surface area (Å²) in [5.41, 5.74) is 8.67. The van der Waals surface area contributed by atoms with Gasteiger partial charge in [0.05, 0.1) is 16.8 Å². The molecule has 25 heavy (non-hydrogen) atoms.